The predicted octanol–water partition coefficient (Wildman–Crippen LogP) is 13.3. The van der Waals surface area contributed by atoms with Gasteiger partial charge in [0.2, 0.25) is 0 Å². The largest absolute Gasteiger partial charge is 0.469 e. The monoisotopic (exact) mass is 1030 g/mol. The van der Waals surface area contributed by atoms with E-state index in [1.807, 2.05) is 4.57 Å². The van der Waals surface area contributed by atoms with Crippen molar-refractivity contribution in [3.63, 3.8) is 0 Å². The van der Waals surface area contributed by atoms with Gasteiger partial charge in [-0.3, -0.25) is 0 Å². The molecule has 10 rings (SSSR count). The minimum atomic E-state index is -1.45. The van der Waals surface area contributed by atoms with Gasteiger partial charge in [-0.2, -0.15) is 37.1 Å². The van der Waals surface area contributed by atoms with E-state index in [-0.39, 0.29) is 25.5 Å². The van der Waals surface area contributed by atoms with Gasteiger partial charge in [0.25, 0.3) is 0 Å². The molecule has 3 nitrogen and oxygen atoms in total. The molecule has 0 bridgehead atoms. The van der Waals surface area contributed by atoms with Crippen LogP contribution in [0, 0.1) is 33.4 Å². The molecule has 0 aliphatic heterocycles. The van der Waals surface area contributed by atoms with Crippen molar-refractivity contribution in [2.75, 3.05) is 0 Å². The second-order valence-electron chi connectivity index (χ2n) is 20.8. The van der Waals surface area contributed by atoms with Gasteiger partial charge < -0.3 is 13.6 Å². The average molecular weight is 1030 g/mol. The summed E-state index contributed by atoms with van der Waals surface area (Å²) in [5, 5.41) is 3.91. The van der Waals surface area contributed by atoms with Crippen LogP contribution in [0.1, 0.15) is 109 Å². The number of aryl methyl sites for hydroxylation is 3. The quantitative estimate of drug-likeness (QED) is 0.0956. The van der Waals surface area contributed by atoms with Crippen molar-refractivity contribution in [2.24, 2.45) is 5.41 Å². The molecule has 0 saturated carbocycles. The van der Waals surface area contributed by atoms with Gasteiger partial charge in [-0.1, -0.05) is 122 Å². The van der Waals surface area contributed by atoms with Crippen molar-refractivity contribution in [3.05, 3.63) is 163 Å². The molecule has 0 N–H and O–H groups in total. The Bertz CT molecular complexity index is 2850. The molecule has 7 aromatic rings. The molecule has 0 spiro atoms. The van der Waals surface area contributed by atoms with Gasteiger partial charge in [0, 0.05) is 45.0 Å². The molecular weight excluding hydrogens is 961 g/mol. The summed E-state index contributed by atoms with van der Waals surface area (Å²) in [5.74, 6) is 0. The van der Waals surface area contributed by atoms with Gasteiger partial charge in [-0.25, -0.2) is 0 Å². The number of benzene rings is 4. The van der Waals surface area contributed by atoms with Gasteiger partial charge in [0.15, 0.2) is 0 Å². The number of aromatic nitrogens is 2. The Balaban J connectivity index is 0.000000177. The van der Waals surface area contributed by atoms with Crippen molar-refractivity contribution < 1.29 is 33.7 Å². The van der Waals surface area contributed by atoms with E-state index in [4.69, 9.17) is 4.42 Å². The number of nitrogens with zero attached hydrogens (tertiary/aromatic N) is 2. The maximum absolute atomic E-state index is 6.69. The molecule has 63 heavy (non-hydrogen) atoms. The van der Waals surface area contributed by atoms with Crippen LogP contribution in [0.3, 0.4) is 0 Å². The van der Waals surface area contributed by atoms with Crippen LogP contribution in [0.25, 0.3) is 55.6 Å². The standard InChI is InChI=1S/C33H30NO.C25H36NSi.Ir/c1-21-20-28(26-16-9-12-22-10-3-5-13-24(22)26)31-27-15-7-8-17-29(27)35-33(31)30(21)32-25-14-6-4-11-23(25)18-19-34(32)2;1-18-13-14-19-11-9-10-12-21(19)24(18)22-15-20(16-25(2,3)4)23(17-26(22)5)27(6,7)8;/h7-9,12,15-20H,1-6,10-11,13-14H2;13-15,17H,1,5,9-12,16H2,2-4,6-8H3;/q2*-1;. The first kappa shape index (κ1) is 44.9. The molecule has 0 amide bonds. The third-order valence-electron chi connectivity index (χ3n) is 13.8. The van der Waals surface area contributed by atoms with Crippen LogP contribution in [0.15, 0.2) is 89.6 Å². The van der Waals surface area contributed by atoms with E-state index in [0.717, 1.165) is 59.2 Å². The smallest absolute Gasteiger partial charge is 0.133 e. The summed E-state index contributed by atoms with van der Waals surface area (Å²) in [7, 11) is 7.35. The Labute approximate surface area is 392 Å². The topological polar surface area (TPSA) is 20.9 Å². The number of rotatable bonds is 5. The normalized spacial score (nSPS) is 14.9. The fourth-order valence-corrected chi connectivity index (χ4v) is 12.7. The Morgan fingerprint density at radius 3 is 1.97 bits per heavy atom. The molecule has 0 unspecified atom stereocenters. The molecule has 4 aromatic carbocycles. The SMILES string of the molecule is [CH2-]c1cc(-c2cccc3c2CCCC3)c2c(oc3ccccc32)c1-c1c2c(cc[n+]1[CH2-])CCCC2.[CH2-]c1ccc2c(c1-c1cc(CC(C)(C)C)c([Si](C)(C)C)c[n+]1[CH2-])CCCC2.[Ir]. The summed E-state index contributed by atoms with van der Waals surface area (Å²) in [6.45, 7) is 23.3. The number of furan rings is 1. The number of pyridine rings is 2. The Morgan fingerprint density at radius 2 is 1.27 bits per heavy atom. The fraction of sp³-hybridized carbons (Fsp3) is 0.345. The molecule has 5 heteroatoms. The minimum Gasteiger partial charge on any atom is -0.469 e. The zero-order valence-corrected chi connectivity index (χ0v) is 42.1. The summed E-state index contributed by atoms with van der Waals surface area (Å²) in [4.78, 5) is 0. The molecule has 0 fully saturated rings. The zero-order valence-electron chi connectivity index (χ0n) is 38.7. The van der Waals surface area contributed by atoms with Gasteiger partial charge in [-0.15, -0.1) is 11.6 Å². The van der Waals surface area contributed by atoms with Crippen molar-refractivity contribution >= 4 is 35.2 Å². The summed E-state index contributed by atoms with van der Waals surface area (Å²) >= 11 is 0. The van der Waals surface area contributed by atoms with E-state index in [9.17, 15) is 0 Å². The van der Waals surface area contributed by atoms with E-state index in [2.05, 4.69) is 158 Å². The van der Waals surface area contributed by atoms with Gasteiger partial charge in [0.1, 0.15) is 5.58 Å². The number of hydrogen-bond donors (Lipinski definition) is 0. The fourth-order valence-electron chi connectivity index (χ4n) is 11.0. The summed E-state index contributed by atoms with van der Waals surface area (Å²) in [6.07, 6.45) is 20.0. The van der Waals surface area contributed by atoms with Crippen LogP contribution in [0.5, 0.6) is 0 Å². The maximum Gasteiger partial charge on any atom is 0.133 e. The Morgan fingerprint density at radius 1 is 0.635 bits per heavy atom. The molecule has 3 aliphatic carbocycles. The minimum absolute atomic E-state index is 0. The molecular formula is C58H66IrN2OSi-2. The second kappa shape index (κ2) is 17.7. The van der Waals surface area contributed by atoms with Crippen LogP contribution in [-0.2, 0) is 65.1 Å². The molecule has 3 heterocycles. The molecule has 0 saturated heterocycles. The third-order valence-corrected chi connectivity index (χ3v) is 15.9. The first-order valence-electron chi connectivity index (χ1n) is 23.3. The van der Waals surface area contributed by atoms with E-state index < -0.39 is 8.07 Å². The van der Waals surface area contributed by atoms with Gasteiger partial charge >= 0.3 is 0 Å². The van der Waals surface area contributed by atoms with Gasteiger partial charge in [-0.05, 0) is 122 Å². The third kappa shape index (κ3) is 8.66. The Hall–Kier alpha value is -4.67. The maximum atomic E-state index is 6.69. The first-order chi connectivity index (χ1) is 29.7. The number of hydrogen-bond acceptors (Lipinski definition) is 1. The van der Waals surface area contributed by atoms with Crippen molar-refractivity contribution in [3.8, 4) is 33.6 Å². The van der Waals surface area contributed by atoms with E-state index in [1.54, 1.807) is 0 Å². The van der Waals surface area contributed by atoms with E-state index >= 15 is 0 Å². The van der Waals surface area contributed by atoms with Crippen LogP contribution in [0.4, 0.5) is 0 Å². The molecule has 1 radical (unpaired) electrons. The van der Waals surface area contributed by atoms with Crippen LogP contribution < -0.4 is 14.3 Å². The second-order valence-corrected chi connectivity index (χ2v) is 25.8. The number of para-hydroxylation sites is 1. The number of fused-ring (bicyclic) bond motifs is 6. The van der Waals surface area contributed by atoms with Gasteiger partial charge in [0.05, 0.1) is 37.4 Å². The molecule has 0 atom stereocenters. The van der Waals surface area contributed by atoms with Crippen LogP contribution in [-0.4, -0.2) is 8.07 Å². The van der Waals surface area contributed by atoms with Crippen molar-refractivity contribution in [1.82, 2.24) is 0 Å². The first-order valence-corrected chi connectivity index (χ1v) is 26.8. The summed E-state index contributed by atoms with van der Waals surface area (Å²) < 4.78 is 10.8. The van der Waals surface area contributed by atoms with E-state index in [1.165, 1.54) is 135 Å². The van der Waals surface area contributed by atoms with Crippen molar-refractivity contribution in [1.29, 1.82) is 0 Å². The molecule has 3 aliphatic rings. The Kier molecular flexibility index (Phi) is 12.6. The van der Waals surface area contributed by atoms with Crippen molar-refractivity contribution in [2.45, 2.75) is 124 Å². The average Bonchev–Trinajstić information content (AvgIpc) is 3.63. The summed E-state index contributed by atoms with van der Waals surface area (Å²) in [6, 6.07) is 26.8. The molecule has 3 aromatic heterocycles. The zero-order chi connectivity index (χ0) is 43.5. The summed E-state index contributed by atoms with van der Waals surface area (Å²) in [5.41, 5.74) is 22.1. The van der Waals surface area contributed by atoms with E-state index in [0.29, 0.717) is 0 Å². The van der Waals surface area contributed by atoms with Crippen LogP contribution in [0.2, 0.25) is 19.6 Å². The predicted molar refractivity (Wildman–Crippen MR) is 263 cm³/mol. The van der Waals surface area contributed by atoms with Crippen LogP contribution >= 0.6 is 0 Å². The molecule has 329 valence electrons.